The summed E-state index contributed by atoms with van der Waals surface area (Å²) >= 11 is 1.91. The molecule has 0 N–H and O–H groups in total. The number of hydrogen-bond donors (Lipinski definition) is 0. The molecule has 0 radical (unpaired) electrons. The molecule has 2 aromatic carbocycles. The van der Waals surface area contributed by atoms with Crippen molar-refractivity contribution in [3.63, 3.8) is 0 Å². The fourth-order valence-corrected chi connectivity index (χ4v) is 4.94. The molecule has 1 nitrogen and oxygen atoms in total. The first-order valence-electron chi connectivity index (χ1n) is 8.96. The Labute approximate surface area is 153 Å². The van der Waals surface area contributed by atoms with Gasteiger partial charge in [-0.15, -0.1) is 11.3 Å². The smallest absolute Gasteiger partial charge is 0.0719 e. The Balaban J connectivity index is 2.01. The van der Waals surface area contributed by atoms with Crippen molar-refractivity contribution in [2.24, 2.45) is 0 Å². The molecule has 0 aliphatic carbocycles. The van der Waals surface area contributed by atoms with E-state index in [0.29, 0.717) is 11.8 Å². The van der Waals surface area contributed by atoms with Gasteiger partial charge in [-0.05, 0) is 35.1 Å². The number of fused-ring (bicyclic) bond motifs is 3. The van der Waals surface area contributed by atoms with Gasteiger partial charge < -0.3 is 0 Å². The van der Waals surface area contributed by atoms with Crippen molar-refractivity contribution >= 4 is 31.5 Å². The van der Waals surface area contributed by atoms with Crippen LogP contribution in [0.25, 0.3) is 31.4 Å². The summed E-state index contributed by atoms with van der Waals surface area (Å²) in [4.78, 5) is 4.68. The predicted molar refractivity (Wildman–Crippen MR) is 111 cm³/mol. The minimum Gasteiger partial charge on any atom is -0.256 e. The molecule has 2 aromatic heterocycles. The van der Waals surface area contributed by atoms with Gasteiger partial charge in [0.25, 0.3) is 0 Å². The topological polar surface area (TPSA) is 12.9 Å². The molecule has 2 heteroatoms. The van der Waals surface area contributed by atoms with Crippen LogP contribution in [0.15, 0.2) is 54.7 Å². The Kier molecular flexibility index (Phi) is 4.09. The summed E-state index contributed by atoms with van der Waals surface area (Å²) in [6.45, 7) is 9.00. The lowest BCUT2D eigenvalue weighted by Crippen LogP contribution is -1.90. The largest absolute Gasteiger partial charge is 0.256 e. The zero-order valence-electron chi connectivity index (χ0n) is 15.2. The Bertz CT molecular complexity index is 1060. The van der Waals surface area contributed by atoms with Crippen molar-refractivity contribution in [1.82, 2.24) is 4.98 Å². The summed E-state index contributed by atoms with van der Waals surface area (Å²) in [5, 5.41) is 2.71. The van der Waals surface area contributed by atoms with Crippen molar-refractivity contribution in [3.05, 3.63) is 65.9 Å². The molecule has 0 aliphatic rings. The Morgan fingerprint density at radius 1 is 0.800 bits per heavy atom. The molecule has 0 unspecified atom stereocenters. The molecule has 0 saturated heterocycles. The molecule has 0 amide bonds. The van der Waals surface area contributed by atoms with Crippen LogP contribution in [0.3, 0.4) is 0 Å². The number of thiophene rings is 1. The summed E-state index contributed by atoms with van der Waals surface area (Å²) < 4.78 is 2.76. The summed E-state index contributed by atoms with van der Waals surface area (Å²) in [7, 11) is 0. The van der Waals surface area contributed by atoms with E-state index in [0.717, 1.165) is 5.69 Å². The van der Waals surface area contributed by atoms with Gasteiger partial charge in [0.2, 0.25) is 0 Å². The zero-order valence-corrected chi connectivity index (χ0v) is 16.0. The van der Waals surface area contributed by atoms with Crippen LogP contribution < -0.4 is 0 Å². The molecule has 0 aliphatic heterocycles. The Morgan fingerprint density at radius 3 is 2.24 bits per heavy atom. The zero-order chi connectivity index (χ0) is 17.6. The fraction of sp³-hybridized carbons (Fsp3) is 0.261. The maximum atomic E-state index is 4.68. The third-order valence-electron chi connectivity index (χ3n) is 4.90. The van der Waals surface area contributed by atoms with Gasteiger partial charge >= 0.3 is 0 Å². The van der Waals surface area contributed by atoms with Gasteiger partial charge in [0.1, 0.15) is 0 Å². The van der Waals surface area contributed by atoms with Crippen LogP contribution in [0.4, 0.5) is 0 Å². The maximum Gasteiger partial charge on any atom is 0.0719 e. The molecular weight excluding hydrogens is 322 g/mol. The molecule has 126 valence electrons. The molecule has 4 aromatic rings. The van der Waals surface area contributed by atoms with Crippen LogP contribution in [0.1, 0.15) is 50.7 Å². The van der Waals surface area contributed by atoms with Crippen LogP contribution in [-0.4, -0.2) is 4.98 Å². The monoisotopic (exact) mass is 345 g/mol. The normalized spacial score (nSPS) is 11.9. The van der Waals surface area contributed by atoms with E-state index in [2.05, 4.69) is 81.2 Å². The van der Waals surface area contributed by atoms with Gasteiger partial charge in [0.05, 0.1) is 5.69 Å². The molecule has 0 atom stereocenters. The molecular formula is C23H23NS. The third kappa shape index (κ3) is 2.75. The van der Waals surface area contributed by atoms with Gasteiger partial charge in [-0.25, -0.2) is 0 Å². The molecule has 0 bridgehead atoms. The van der Waals surface area contributed by atoms with E-state index in [1.54, 1.807) is 0 Å². The second kappa shape index (κ2) is 6.27. The Morgan fingerprint density at radius 2 is 1.52 bits per heavy atom. The average Bonchev–Trinajstić information content (AvgIpc) is 3.00. The van der Waals surface area contributed by atoms with E-state index in [-0.39, 0.29) is 0 Å². The van der Waals surface area contributed by atoms with Crippen LogP contribution in [0.2, 0.25) is 0 Å². The lowest BCUT2D eigenvalue weighted by atomic mass is 9.99. The number of hydrogen-bond acceptors (Lipinski definition) is 2. The van der Waals surface area contributed by atoms with Gasteiger partial charge in [0, 0.05) is 31.9 Å². The van der Waals surface area contributed by atoms with Crippen LogP contribution in [0, 0.1) is 0 Å². The SMILES string of the molecule is CC(C)c1ccnc(-c2cccc3c2sc2c(C(C)C)cccc23)c1. The minimum absolute atomic E-state index is 0.510. The van der Waals surface area contributed by atoms with E-state index in [1.165, 1.54) is 36.9 Å². The molecule has 25 heavy (non-hydrogen) atoms. The molecule has 0 saturated carbocycles. The van der Waals surface area contributed by atoms with Gasteiger partial charge in [-0.1, -0.05) is 64.1 Å². The number of pyridine rings is 1. The lowest BCUT2D eigenvalue weighted by Gasteiger charge is -2.08. The highest BCUT2D eigenvalue weighted by Gasteiger charge is 2.15. The van der Waals surface area contributed by atoms with E-state index < -0.39 is 0 Å². The first kappa shape index (κ1) is 16.3. The van der Waals surface area contributed by atoms with Crippen LogP contribution in [-0.2, 0) is 0 Å². The van der Waals surface area contributed by atoms with Crippen LogP contribution >= 0.6 is 11.3 Å². The quantitative estimate of drug-likeness (QED) is 0.378. The molecule has 4 rings (SSSR count). The van der Waals surface area contributed by atoms with Crippen molar-refractivity contribution in [3.8, 4) is 11.3 Å². The van der Waals surface area contributed by atoms with Gasteiger partial charge in [-0.3, -0.25) is 4.98 Å². The first-order valence-corrected chi connectivity index (χ1v) is 9.78. The highest BCUT2D eigenvalue weighted by molar-refractivity contribution is 7.26. The van der Waals surface area contributed by atoms with Crippen molar-refractivity contribution in [2.45, 2.75) is 39.5 Å². The van der Waals surface area contributed by atoms with Crippen LogP contribution in [0.5, 0.6) is 0 Å². The molecule has 0 fully saturated rings. The average molecular weight is 346 g/mol. The number of nitrogens with zero attached hydrogens (tertiary/aromatic N) is 1. The molecule has 2 heterocycles. The summed E-state index contributed by atoms with van der Waals surface area (Å²) in [5.41, 5.74) is 5.10. The number of rotatable bonds is 3. The fourth-order valence-electron chi connectivity index (χ4n) is 3.45. The van der Waals surface area contributed by atoms with Gasteiger partial charge in [-0.2, -0.15) is 0 Å². The lowest BCUT2D eigenvalue weighted by molar-refractivity contribution is 0.864. The Hall–Kier alpha value is -2.19. The van der Waals surface area contributed by atoms with Crippen molar-refractivity contribution in [2.75, 3.05) is 0 Å². The van der Waals surface area contributed by atoms with E-state index >= 15 is 0 Å². The first-order chi connectivity index (χ1) is 12.1. The predicted octanol–water partition coefficient (Wildman–Crippen LogP) is 7.36. The highest BCUT2D eigenvalue weighted by atomic mass is 32.1. The minimum atomic E-state index is 0.510. The summed E-state index contributed by atoms with van der Waals surface area (Å²) in [6.07, 6.45) is 1.94. The van der Waals surface area contributed by atoms with Crippen molar-refractivity contribution in [1.29, 1.82) is 0 Å². The van der Waals surface area contributed by atoms with Crippen molar-refractivity contribution < 1.29 is 0 Å². The van der Waals surface area contributed by atoms with E-state index in [1.807, 2.05) is 17.5 Å². The van der Waals surface area contributed by atoms with E-state index in [4.69, 9.17) is 0 Å². The van der Waals surface area contributed by atoms with Gasteiger partial charge in [0.15, 0.2) is 0 Å². The standard InChI is InChI=1S/C23H23NS/c1-14(2)16-11-12-24-21(13-16)20-10-6-9-19-18-8-5-7-17(15(3)4)22(18)25-23(19)20/h5-15H,1-4H3. The third-order valence-corrected chi connectivity index (χ3v) is 6.21. The number of benzene rings is 2. The highest BCUT2D eigenvalue weighted by Crippen LogP contribution is 2.42. The second-order valence-electron chi connectivity index (χ2n) is 7.29. The summed E-state index contributed by atoms with van der Waals surface area (Å²) in [6, 6.07) is 17.7. The molecule has 0 spiro atoms. The maximum absolute atomic E-state index is 4.68. The number of aromatic nitrogens is 1. The van der Waals surface area contributed by atoms with E-state index in [9.17, 15) is 0 Å². The summed E-state index contributed by atoms with van der Waals surface area (Å²) in [5.74, 6) is 1.04. The second-order valence-corrected chi connectivity index (χ2v) is 8.31.